The van der Waals surface area contributed by atoms with Crippen LogP contribution in [0.5, 0.6) is 0 Å². The van der Waals surface area contributed by atoms with Gasteiger partial charge in [0.05, 0.1) is 6.10 Å². The lowest BCUT2D eigenvalue weighted by molar-refractivity contribution is -0.171. The molecular formula is C18H23F2N3O. The maximum atomic E-state index is 13.3. The average molecular weight is 335 g/mol. The molecule has 3 aliphatic rings. The van der Waals surface area contributed by atoms with Crippen molar-refractivity contribution in [3.8, 4) is 0 Å². The minimum absolute atomic E-state index is 0.268. The molecule has 3 atom stereocenters. The van der Waals surface area contributed by atoms with Gasteiger partial charge in [0.2, 0.25) is 0 Å². The van der Waals surface area contributed by atoms with Gasteiger partial charge in [0.15, 0.2) is 5.96 Å². The first-order valence-electron chi connectivity index (χ1n) is 8.66. The fourth-order valence-electron chi connectivity index (χ4n) is 4.70. The molecule has 1 aromatic carbocycles. The molecule has 0 bridgehead atoms. The van der Waals surface area contributed by atoms with Gasteiger partial charge in [-0.1, -0.05) is 6.42 Å². The van der Waals surface area contributed by atoms with Crippen LogP contribution in [-0.4, -0.2) is 31.8 Å². The van der Waals surface area contributed by atoms with Crippen LogP contribution in [0.15, 0.2) is 23.2 Å². The topological polar surface area (TPSA) is 45.7 Å². The highest BCUT2D eigenvalue weighted by Crippen LogP contribution is 2.62. The third kappa shape index (κ3) is 2.48. The zero-order chi connectivity index (χ0) is 16.7. The van der Waals surface area contributed by atoms with E-state index in [1.165, 1.54) is 31.4 Å². The summed E-state index contributed by atoms with van der Waals surface area (Å²) in [6.45, 7) is 1.18. The Morgan fingerprint density at radius 3 is 2.67 bits per heavy atom. The van der Waals surface area contributed by atoms with Crippen molar-refractivity contribution in [1.82, 2.24) is 10.6 Å². The van der Waals surface area contributed by atoms with Crippen molar-refractivity contribution in [2.45, 2.75) is 44.4 Å². The van der Waals surface area contributed by atoms with Gasteiger partial charge in [-0.15, -0.1) is 0 Å². The van der Waals surface area contributed by atoms with Crippen LogP contribution in [0.3, 0.4) is 0 Å². The fourth-order valence-corrected chi connectivity index (χ4v) is 4.70. The van der Waals surface area contributed by atoms with E-state index in [1.54, 1.807) is 7.05 Å². The molecular weight excluding hydrogens is 312 g/mol. The number of guanidine groups is 1. The largest absolute Gasteiger partial charge is 0.377 e. The standard InChI is InChI=1S/C18H23F2N3O/c1-21-17(22-10-11-7-12(19)9-13(20)8-11)23-15-14-3-6-24-16(14)18(15)4-2-5-18/h7-9,14-16H,2-6,10H2,1H3,(H2,21,22,23). The summed E-state index contributed by atoms with van der Waals surface area (Å²) < 4.78 is 32.5. The monoisotopic (exact) mass is 335 g/mol. The van der Waals surface area contributed by atoms with Crippen LogP contribution in [-0.2, 0) is 11.3 Å². The highest BCUT2D eigenvalue weighted by Gasteiger charge is 2.66. The summed E-state index contributed by atoms with van der Waals surface area (Å²) in [6.07, 6.45) is 5.17. The smallest absolute Gasteiger partial charge is 0.191 e. The van der Waals surface area contributed by atoms with Crippen LogP contribution in [0.4, 0.5) is 8.78 Å². The SMILES string of the molecule is CN=C(NCc1cc(F)cc(F)c1)NC1C2CCOC2C12CCC2. The van der Waals surface area contributed by atoms with Crippen molar-refractivity contribution in [2.24, 2.45) is 16.3 Å². The molecule has 3 unspecified atom stereocenters. The molecule has 4 nitrogen and oxygen atoms in total. The second kappa shape index (κ2) is 5.99. The van der Waals surface area contributed by atoms with Gasteiger partial charge in [-0.25, -0.2) is 8.78 Å². The molecule has 2 saturated carbocycles. The predicted molar refractivity (Wildman–Crippen MR) is 87.6 cm³/mol. The zero-order valence-electron chi connectivity index (χ0n) is 13.8. The second-order valence-corrected chi connectivity index (χ2v) is 7.16. The first-order chi connectivity index (χ1) is 11.6. The molecule has 0 amide bonds. The van der Waals surface area contributed by atoms with E-state index in [0.717, 1.165) is 19.1 Å². The van der Waals surface area contributed by atoms with Crippen LogP contribution >= 0.6 is 0 Å². The number of benzene rings is 1. The first-order valence-corrected chi connectivity index (χ1v) is 8.66. The molecule has 130 valence electrons. The summed E-state index contributed by atoms with van der Waals surface area (Å²) >= 11 is 0. The van der Waals surface area contributed by atoms with E-state index < -0.39 is 11.6 Å². The number of nitrogens with zero attached hydrogens (tertiary/aromatic N) is 1. The summed E-state index contributed by atoms with van der Waals surface area (Å²) in [4.78, 5) is 4.27. The molecule has 3 fully saturated rings. The van der Waals surface area contributed by atoms with Gasteiger partial charge in [-0.2, -0.15) is 0 Å². The van der Waals surface area contributed by atoms with Crippen molar-refractivity contribution in [3.05, 3.63) is 35.4 Å². The summed E-state index contributed by atoms with van der Waals surface area (Å²) in [7, 11) is 1.72. The van der Waals surface area contributed by atoms with Gasteiger partial charge in [-0.3, -0.25) is 4.99 Å². The molecule has 0 aromatic heterocycles. The van der Waals surface area contributed by atoms with Crippen LogP contribution in [0, 0.1) is 23.0 Å². The summed E-state index contributed by atoms with van der Waals surface area (Å²) in [5.41, 5.74) is 0.827. The van der Waals surface area contributed by atoms with E-state index in [9.17, 15) is 8.78 Å². The van der Waals surface area contributed by atoms with Gasteiger partial charge in [0.25, 0.3) is 0 Å². The van der Waals surface area contributed by atoms with E-state index in [4.69, 9.17) is 4.74 Å². The normalized spacial score (nSPS) is 30.5. The molecule has 4 rings (SSSR count). The Morgan fingerprint density at radius 2 is 2.04 bits per heavy atom. The molecule has 1 aliphatic heterocycles. The van der Waals surface area contributed by atoms with Crippen molar-refractivity contribution in [2.75, 3.05) is 13.7 Å². The summed E-state index contributed by atoms with van der Waals surface area (Å²) in [5, 5.41) is 6.71. The lowest BCUT2D eigenvalue weighted by Crippen LogP contribution is -2.72. The Morgan fingerprint density at radius 1 is 1.29 bits per heavy atom. The maximum absolute atomic E-state index is 13.3. The number of nitrogens with one attached hydrogen (secondary N) is 2. The molecule has 2 N–H and O–H groups in total. The lowest BCUT2D eigenvalue weighted by Gasteiger charge is -2.63. The Labute approximate surface area is 140 Å². The number of rotatable bonds is 3. The van der Waals surface area contributed by atoms with Crippen LogP contribution in [0.1, 0.15) is 31.2 Å². The number of hydrogen-bond donors (Lipinski definition) is 2. The lowest BCUT2D eigenvalue weighted by atomic mass is 9.46. The number of fused-ring (bicyclic) bond motifs is 2. The minimum Gasteiger partial charge on any atom is -0.377 e. The maximum Gasteiger partial charge on any atom is 0.191 e. The van der Waals surface area contributed by atoms with Crippen molar-refractivity contribution in [3.63, 3.8) is 0 Å². The number of halogens is 2. The molecule has 2 aliphatic carbocycles. The molecule has 1 heterocycles. The molecule has 24 heavy (non-hydrogen) atoms. The number of ether oxygens (including phenoxy) is 1. The molecule has 1 spiro atoms. The van der Waals surface area contributed by atoms with E-state index in [-0.39, 0.29) is 5.41 Å². The van der Waals surface area contributed by atoms with E-state index in [2.05, 4.69) is 15.6 Å². The summed E-state index contributed by atoms with van der Waals surface area (Å²) in [5.74, 6) is 0.109. The highest BCUT2D eigenvalue weighted by atomic mass is 19.1. The van der Waals surface area contributed by atoms with Crippen LogP contribution in [0.2, 0.25) is 0 Å². The Balaban J connectivity index is 1.40. The van der Waals surface area contributed by atoms with Crippen LogP contribution in [0.25, 0.3) is 0 Å². The number of aliphatic imine (C=N–C) groups is 1. The van der Waals surface area contributed by atoms with Crippen molar-refractivity contribution >= 4 is 5.96 Å². The van der Waals surface area contributed by atoms with Crippen molar-refractivity contribution < 1.29 is 13.5 Å². The molecule has 6 heteroatoms. The summed E-state index contributed by atoms with van der Waals surface area (Å²) in [6, 6.07) is 3.93. The fraction of sp³-hybridized carbons (Fsp3) is 0.611. The third-order valence-corrected chi connectivity index (χ3v) is 5.93. The highest BCUT2D eigenvalue weighted by molar-refractivity contribution is 5.80. The van der Waals surface area contributed by atoms with E-state index in [1.807, 2.05) is 0 Å². The Kier molecular flexibility index (Phi) is 3.95. The van der Waals surface area contributed by atoms with Gasteiger partial charge in [-0.05, 0) is 37.0 Å². The average Bonchev–Trinajstić information content (AvgIpc) is 2.90. The first kappa shape index (κ1) is 15.8. The van der Waals surface area contributed by atoms with E-state index >= 15 is 0 Å². The molecule has 1 saturated heterocycles. The van der Waals surface area contributed by atoms with E-state index in [0.29, 0.717) is 36.1 Å². The quantitative estimate of drug-likeness (QED) is 0.659. The number of hydrogen-bond acceptors (Lipinski definition) is 2. The minimum atomic E-state index is -0.562. The zero-order valence-corrected chi connectivity index (χ0v) is 13.8. The molecule has 1 aromatic rings. The predicted octanol–water partition coefficient (Wildman–Crippen LogP) is 2.59. The van der Waals surface area contributed by atoms with Crippen LogP contribution < -0.4 is 10.6 Å². The third-order valence-electron chi connectivity index (χ3n) is 5.93. The Bertz CT molecular complexity index is 639. The van der Waals surface area contributed by atoms with Gasteiger partial charge >= 0.3 is 0 Å². The van der Waals surface area contributed by atoms with Gasteiger partial charge < -0.3 is 15.4 Å². The van der Waals surface area contributed by atoms with Gasteiger partial charge in [0.1, 0.15) is 11.6 Å². The second-order valence-electron chi connectivity index (χ2n) is 7.16. The van der Waals surface area contributed by atoms with Gasteiger partial charge in [0, 0.05) is 43.6 Å². The Hall–Kier alpha value is -1.69. The molecule has 0 radical (unpaired) electrons. The van der Waals surface area contributed by atoms with Crippen molar-refractivity contribution in [1.29, 1.82) is 0 Å².